The third kappa shape index (κ3) is 4.51. The van der Waals surface area contributed by atoms with Crippen LogP contribution in [-0.4, -0.2) is 31.2 Å². The molecule has 0 spiro atoms. The Morgan fingerprint density at radius 3 is 1.58 bits per heavy atom. The van der Waals surface area contributed by atoms with Gasteiger partial charge in [0.05, 0.1) is 12.2 Å². The fraction of sp³-hybridized carbons (Fsp3) is 1.00. The van der Waals surface area contributed by atoms with Gasteiger partial charge in [-0.1, -0.05) is 25.7 Å². The van der Waals surface area contributed by atoms with Gasteiger partial charge in [-0.2, -0.15) is 0 Å². The Kier molecular flexibility index (Phi) is 5.38. The average Bonchev–Trinajstić information content (AvgIpc) is 2.35. The summed E-state index contributed by atoms with van der Waals surface area (Å²) in [5.74, 6) is 0. The number of alkyl halides is 2. The maximum atomic E-state index is 13.7. The Labute approximate surface area is 113 Å². The van der Waals surface area contributed by atoms with E-state index in [1.807, 2.05) is 0 Å². The predicted molar refractivity (Wildman–Crippen MR) is 70.0 cm³/mol. The number of rotatable bonds is 4. The molecular weight excluding hydrogens is 273 g/mol. The monoisotopic (exact) mass is 296 g/mol. The first-order valence-corrected chi connectivity index (χ1v) is 9.19. The Balaban J connectivity index is 1.88. The molecule has 0 aromatic heterocycles. The van der Waals surface area contributed by atoms with Gasteiger partial charge in [0.2, 0.25) is 0 Å². The lowest BCUT2D eigenvalue weighted by atomic mass is 9.96. The molecule has 2 fully saturated rings. The Hall–Kier alpha value is 0.01000. The molecule has 19 heavy (non-hydrogen) atoms. The number of hydrogen-bond donors (Lipinski definition) is 0. The molecule has 2 aliphatic rings. The van der Waals surface area contributed by atoms with E-state index in [9.17, 15) is 13.3 Å². The van der Waals surface area contributed by atoms with Crippen molar-refractivity contribution < 1.29 is 22.4 Å². The average molecular weight is 296 g/mol. The van der Waals surface area contributed by atoms with Gasteiger partial charge in [-0.3, -0.25) is 4.57 Å². The molecule has 3 nitrogen and oxygen atoms in total. The molecule has 0 aromatic carbocycles. The van der Waals surface area contributed by atoms with Crippen molar-refractivity contribution in [3.8, 4) is 0 Å². The molecule has 4 unspecified atom stereocenters. The van der Waals surface area contributed by atoms with Crippen LogP contribution in [0.15, 0.2) is 0 Å². The standard InChI is InChI=1S/C13H23F2O3P/c1-19(16,17-12-8-4-2-6-10(12)14)18-13-9-5-3-7-11(13)15/h10-13H,2-9H2,1H3. The quantitative estimate of drug-likeness (QED) is 0.721. The SMILES string of the molecule is CP(=O)(OC1CCCCC1F)OC1CCCCC1F. The van der Waals surface area contributed by atoms with Gasteiger partial charge in [0.25, 0.3) is 0 Å². The normalized spacial score (nSPS) is 39.7. The largest absolute Gasteiger partial charge is 0.328 e. The molecule has 2 aliphatic carbocycles. The molecule has 0 N–H and O–H groups in total. The molecule has 0 aliphatic heterocycles. The molecule has 6 heteroatoms. The van der Waals surface area contributed by atoms with E-state index in [1.54, 1.807) is 0 Å². The maximum absolute atomic E-state index is 13.7. The van der Waals surface area contributed by atoms with Crippen LogP contribution < -0.4 is 0 Å². The molecule has 2 saturated carbocycles. The summed E-state index contributed by atoms with van der Waals surface area (Å²) in [4.78, 5) is 0. The first kappa shape index (κ1) is 15.4. The summed E-state index contributed by atoms with van der Waals surface area (Å²) in [7, 11) is -3.38. The van der Waals surface area contributed by atoms with Crippen LogP contribution in [0.1, 0.15) is 51.4 Å². The van der Waals surface area contributed by atoms with Gasteiger partial charge in [0, 0.05) is 6.66 Å². The lowest BCUT2D eigenvalue weighted by Crippen LogP contribution is -2.31. The lowest BCUT2D eigenvalue weighted by molar-refractivity contribution is 0.0137. The van der Waals surface area contributed by atoms with Gasteiger partial charge in [-0.15, -0.1) is 0 Å². The van der Waals surface area contributed by atoms with E-state index in [0.29, 0.717) is 25.7 Å². The highest BCUT2D eigenvalue weighted by Crippen LogP contribution is 2.50. The van der Waals surface area contributed by atoms with Crippen LogP contribution in [0.4, 0.5) is 8.78 Å². The first-order chi connectivity index (χ1) is 8.98. The van der Waals surface area contributed by atoms with Gasteiger partial charge in [-0.05, 0) is 25.7 Å². The summed E-state index contributed by atoms with van der Waals surface area (Å²) in [5.41, 5.74) is 0. The van der Waals surface area contributed by atoms with E-state index in [2.05, 4.69) is 0 Å². The van der Waals surface area contributed by atoms with Crippen LogP contribution in [0, 0.1) is 0 Å². The highest BCUT2D eigenvalue weighted by Gasteiger charge is 2.36. The molecule has 112 valence electrons. The van der Waals surface area contributed by atoms with Crippen LogP contribution in [0.25, 0.3) is 0 Å². The summed E-state index contributed by atoms with van der Waals surface area (Å²) < 4.78 is 50.2. The molecule has 0 amide bonds. The van der Waals surface area contributed by atoms with Crippen LogP contribution >= 0.6 is 7.60 Å². The molecule has 0 bridgehead atoms. The zero-order chi connectivity index (χ0) is 13.9. The van der Waals surface area contributed by atoms with Crippen molar-refractivity contribution in [2.24, 2.45) is 0 Å². The van der Waals surface area contributed by atoms with Gasteiger partial charge in [0.1, 0.15) is 12.3 Å². The summed E-state index contributed by atoms with van der Waals surface area (Å²) in [6, 6.07) is 0. The van der Waals surface area contributed by atoms with E-state index in [4.69, 9.17) is 9.05 Å². The predicted octanol–water partition coefficient (Wildman–Crippen LogP) is 4.40. The van der Waals surface area contributed by atoms with Crippen LogP contribution in [0.3, 0.4) is 0 Å². The van der Waals surface area contributed by atoms with Crippen molar-refractivity contribution in [3.63, 3.8) is 0 Å². The zero-order valence-electron chi connectivity index (χ0n) is 11.4. The molecule has 0 saturated heterocycles. The number of hydrogen-bond acceptors (Lipinski definition) is 3. The van der Waals surface area contributed by atoms with Crippen LogP contribution in [0.5, 0.6) is 0 Å². The third-order valence-corrected chi connectivity index (χ3v) is 5.21. The van der Waals surface area contributed by atoms with Crippen molar-refractivity contribution in [3.05, 3.63) is 0 Å². The highest BCUT2D eigenvalue weighted by atomic mass is 31.2. The van der Waals surface area contributed by atoms with E-state index < -0.39 is 32.1 Å². The van der Waals surface area contributed by atoms with E-state index in [0.717, 1.165) is 25.7 Å². The van der Waals surface area contributed by atoms with Gasteiger partial charge in [0.15, 0.2) is 0 Å². The fourth-order valence-corrected chi connectivity index (χ4v) is 4.37. The Morgan fingerprint density at radius 2 is 1.21 bits per heavy atom. The maximum Gasteiger partial charge on any atom is 0.328 e. The van der Waals surface area contributed by atoms with E-state index in [1.165, 1.54) is 6.66 Å². The minimum absolute atomic E-state index is 0.444. The van der Waals surface area contributed by atoms with Crippen molar-refractivity contribution >= 4 is 7.60 Å². The molecular formula is C13H23F2O3P. The molecule has 0 radical (unpaired) electrons. The summed E-state index contributed by atoms with van der Waals surface area (Å²) in [5, 5.41) is 0. The second-order valence-electron chi connectivity index (χ2n) is 5.66. The molecule has 0 aromatic rings. The molecule has 0 heterocycles. The van der Waals surface area contributed by atoms with Crippen molar-refractivity contribution in [1.29, 1.82) is 0 Å². The molecule has 4 atom stereocenters. The highest BCUT2D eigenvalue weighted by molar-refractivity contribution is 7.53. The Bertz CT molecular complexity index is 312. The van der Waals surface area contributed by atoms with Crippen molar-refractivity contribution in [2.75, 3.05) is 6.66 Å². The molecule has 2 rings (SSSR count). The third-order valence-electron chi connectivity index (χ3n) is 3.90. The smallest absolute Gasteiger partial charge is 0.302 e. The van der Waals surface area contributed by atoms with Crippen LogP contribution in [-0.2, 0) is 13.6 Å². The van der Waals surface area contributed by atoms with Crippen molar-refractivity contribution in [1.82, 2.24) is 0 Å². The summed E-state index contributed by atoms with van der Waals surface area (Å²) >= 11 is 0. The fourth-order valence-electron chi connectivity index (χ4n) is 2.86. The number of halogens is 2. The van der Waals surface area contributed by atoms with E-state index >= 15 is 0 Å². The van der Waals surface area contributed by atoms with Crippen molar-refractivity contribution in [2.45, 2.75) is 75.9 Å². The van der Waals surface area contributed by atoms with Gasteiger partial charge >= 0.3 is 7.60 Å². The first-order valence-electron chi connectivity index (χ1n) is 7.20. The second kappa shape index (κ2) is 6.64. The van der Waals surface area contributed by atoms with Crippen LogP contribution in [0.2, 0.25) is 0 Å². The van der Waals surface area contributed by atoms with Gasteiger partial charge in [-0.25, -0.2) is 8.78 Å². The minimum atomic E-state index is -3.38. The van der Waals surface area contributed by atoms with Gasteiger partial charge < -0.3 is 9.05 Å². The summed E-state index contributed by atoms with van der Waals surface area (Å²) in [6.07, 6.45) is 1.95. The second-order valence-corrected chi connectivity index (χ2v) is 7.62. The zero-order valence-corrected chi connectivity index (χ0v) is 12.3. The Morgan fingerprint density at radius 1 is 0.842 bits per heavy atom. The minimum Gasteiger partial charge on any atom is -0.302 e. The topological polar surface area (TPSA) is 35.5 Å². The lowest BCUT2D eigenvalue weighted by Gasteiger charge is -2.32. The van der Waals surface area contributed by atoms with E-state index in [-0.39, 0.29) is 0 Å². The summed E-state index contributed by atoms with van der Waals surface area (Å²) in [6.45, 7) is 1.33.